The molecule has 43 nitrogen and oxygen atoms in total. The summed E-state index contributed by atoms with van der Waals surface area (Å²) >= 11 is 0. The zero-order chi connectivity index (χ0) is 78.0. The highest BCUT2D eigenvalue weighted by Gasteiger charge is 2.44. The van der Waals surface area contributed by atoms with Crippen LogP contribution in [0.2, 0.25) is 0 Å². The number of carbonyl (C=O) groups excluding carboxylic acids is 4. The van der Waals surface area contributed by atoms with Crippen molar-refractivity contribution in [2.24, 2.45) is 10.2 Å². The van der Waals surface area contributed by atoms with Gasteiger partial charge < -0.3 is 88.7 Å². The Morgan fingerprint density at radius 1 is 0.944 bits per heavy atom. The quantitative estimate of drug-likeness (QED) is 0.00388. The molecule has 2 aliphatic heterocycles. The number of nitrogens with zero attached hydrogens (tertiary/aromatic N) is 9. The van der Waals surface area contributed by atoms with E-state index >= 15 is 0 Å². The summed E-state index contributed by atoms with van der Waals surface area (Å²) in [5.41, 5.74) is 22.9. The molecule has 5 aromatic rings. The van der Waals surface area contributed by atoms with E-state index in [0.29, 0.717) is 0 Å². The normalized spacial score (nSPS) is 16.1. The van der Waals surface area contributed by atoms with Gasteiger partial charge in [0.05, 0.1) is 49.1 Å². The molecule has 6 atom stereocenters. The average molecular weight is 1590 g/mol. The van der Waals surface area contributed by atoms with Gasteiger partial charge >= 0.3 is 33.6 Å². The second-order valence-corrected chi connectivity index (χ2v) is 29.6. The number of amides is 4. The lowest BCUT2D eigenvalue weighted by Gasteiger charge is -2.23. The van der Waals surface area contributed by atoms with Crippen molar-refractivity contribution in [3.8, 4) is 40.0 Å². The number of aromatic nitrogens is 3. The maximum absolute atomic E-state index is 14.3. The largest absolute Gasteiger partial charge is 0.744 e. The minimum Gasteiger partial charge on any atom is -0.744 e. The van der Waals surface area contributed by atoms with E-state index in [0.717, 1.165) is 0 Å². The summed E-state index contributed by atoms with van der Waals surface area (Å²) in [7, 11) is -26.2. The van der Waals surface area contributed by atoms with Gasteiger partial charge in [0.25, 0.3) is 17.4 Å². The molecule has 107 heavy (non-hydrogen) atoms. The predicted octanol–water partition coefficient (Wildman–Crippen LogP) is 2.31. The maximum atomic E-state index is 14.3. The molecule has 0 bridgehead atoms. The molecule has 2 aromatic heterocycles. The third-order valence-corrected chi connectivity index (χ3v) is 20.7. The third-order valence-electron chi connectivity index (χ3n) is 15.1. The fourth-order valence-electron chi connectivity index (χ4n) is 10.8. The van der Waals surface area contributed by atoms with Crippen LogP contribution in [0, 0.1) is 11.8 Å². The number of fused-ring (bicyclic) bond motifs is 3. The minimum atomic E-state index is -5.88. The van der Waals surface area contributed by atoms with E-state index in [-0.39, 0.29) is 151 Å². The Bertz CT molecular complexity index is 5170. The van der Waals surface area contributed by atoms with Gasteiger partial charge in [-0.15, -0.1) is 0 Å². The molecular weight excluding hydrogens is 1520 g/mol. The topological polar surface area (TPSA) is 639 Å². The average Bonchev–Trinajstić information content (AvgIpc) is 1.34. The van der Waals surface area contributed by atoms with E-state index in [1.807, 2.05) is 0 Å². The predicted molar refractivity (Wildman–Crippen MR) is 370 cm³/mol. The van der Waals surface area contributed by atoms with Gasteiger partial charge in [-0.2, -0.15) is 22.0 Å². The van der Waals surface area contributed by atoms with Crippen LogP contribution in [0.25, 0.3) is 65.3 Å². The molecule has 0 radical (unpaired) electrons. The molecule has 0 saturated carbocycles. The van der Waals surface area contributed by atoms with E-state index in [1.54, 1.807) is 32.0 Å². The molecule has 0 spiro atoms. The number of phosphoric ester groups is 1. The Hall–Kier alpha value is -9.70. The van der Waals surface area contributed by atoms with Crippen LogP contribution in [-0.4, -0.2) is 193 Å². The maximum Gasteiger partial charge on any atom is 0.490 e. The fraction of sp³-hybridized carbons (Fsp3) is 0.373. The van der Waals surface area contributed by atoms with Gasteiger partial charge in [0, 0.05) is 95.8 Å². The molecule has 574 valence electrons. The van der Waals surface area contributed by atoms with Crippen LogP contribution in [-0.2, 0) is 75.6 Å². The van der Waals surface area contributed by atoms with E-state index in [9.17, 15) is 78.9 Å². The molecule has 48 heteroatoms. The number of hydrogen-bond donors (Lipinski definition) is 12. The van der Waals surface area contributed by atoms with Crippen LogP contribution in [0.1, 0.15) is 65.6 Å². The van der Waals surface area contributed by atoms with Gasteiger partial charge in [-0.05, 0) is 79.4 Å². The number of phosphoric acid groups is 3. The molecule has 1 aliphatic carbocycles. The Morgan fingerprint density at radius 3 is 2.41 bits per heavy atom. The van der Waals surface area contributed by atoms with Crippen LogP contribution < -0.4 is 47.6 Å². The molecule has 1 fully saturated rings. The Balaban J connectivity index is 0.773. The van der Waals surface area contributed by atoms with Crippen molar-refractivity contribution in [1.82, 2.24) is 35.4 Å². The monoisotopic (exact) mass is 1590 g/mol. The number of hydrogen-bond acceptors (Lipinski definition) is 27. The first-order valence-corrected chi connectivity index (χ1v) is 38.9. The van der Waals surface area contributed by atoms with Crippen molar-refractivity contribution in [3.05, 3.63) is 132 Å². The second-order valence-electron chi connectivity index (χ2n) is 22.5. The molecule has 4 heterocycles. The summed E-state index contributed by atoms with van der Waals surface area (Å²) in [6.45, 7) is 0.721. The molecule has 3 aromatic carbocycles. The number of rotatable bonds is 37. The van der Waals surface area contributed by atoms with Gasteiger partial charge in [-0.25, -0.2) is 27.1 Å². The lowest BCUT2D eigenvalue weighted by molar-refractivity contribution is -0.498. The Morgan fingerprint density at radius 2 is 1.70 bits per heavy atom. The van der Waals surface area contributed by atoms with Crippen molar-refractivity contribution in [2.75, 3.05) is 97.1 Å². The summed E-state index contributed by atoms with van der Waals surface area (Å²) < 4.78 is 159. The number of H-pyrrole nitrogens is 1. The zero-order valence-corrected chi connectivity index (χ0v) is 60.7. The number of aromatic amines is 1. The van der Waals surface area contributed by atoms with Gasteiger partial charge in [-0.3, -0.25) is 38.0 Å². The van der Waals surface area contributed by atoms with Crippen molar-refractivity contribution in [2.45, 2.75) is 67.6 Å². The molecule has 8 rings (SSSR count). The highest BCUT2D eigenvalue weighted by atomic mass is 32.2. The number of ether oxygens (including phenoxy) is 5. The number of nitrogen functional groups attached to an aromatic ring is 1. The number of carbonyl (C=O) groups is 4. The van der Waals surface area contributed by atoms with Crippen LogP contribution in [0.3, 0.4) is 0 Å². The smallest absolute Gasteiger partial charge is 0.490 e. The Kier molecular flexibility index (Phi) is 28.5. The summed E-state index contributed by atoms with van der Waals surface area (Å²) in [6.07, 6.45) is -3.62. The van der Waals surface area contributed by atoms with Crippen LogP contribution in [0.5, 0.6) is 5.75 Å². The van der Waals surface area contributed by atoms with Crippen LogP contribution in [0.15, 0.2) is 108 Å². The summed E-state index contributed by atoms with van der Waals surface area (Å²) in [4.78, 5) is 118. The van der Waals surface area contributed by atoms with Crippen molar-refractivity contribution < 1.29 is 125 Å². The van der Waals surface area contributed by atoms with Crippen LogP contribution >= 0.6 is 23.5 Å². The number of anilines is 2. The molecule has 13 N–H and O–H groups in total. The first-order valence-electron chi connectivity index (χ1n) is 31.5. The Labute approximate surface area is 605 Å². The lowest BCUT2D eigenvalue weighted by Crippen LogP contribution is -2.76. The summed E-state index contributed by atoms with van der Waals surface area (Å²) in [5, 5.41) is 17.4. The van der Waals surface area contributed by atoms with Gasteiger partial charge in [0.1, 0.15) is 59.6 Å². The number of azide groups is 2. The highest BCUT2D eigenvalue weighted by molar-refractivity contribution is 7.86. The summed E-state index contributed by atoms with van der Waals surface area (Å²) in [6, 6.07) is 17.8. The van der Waals surface area contributed by atoms with Crippen LogP contribution in [0.4, 0.5) is 11.6 Å². The highest BCUT2D eigenvalue weighted by Crippen LogP contribution is 2.66. The van der Waals surface area contributed by atoms with Gasteiger partial charge in [0.15, 0.2) is 23.2 Å². The minimum absolute atomic E-state index is 0.00201. The van der Waals surface area contributed by atoms with E-state index in [1.165, 1.54) is 77.3 Å². The lowest BCUT2D eigenvalue weighted by atomic mass is 9.90. The van der Waals surface area contributed by atoms with Crippen molar-refractivity contribution in [1.29, 1.82) is 0 Å². The molecule has 1 saturated heterocycles. The number of nitrogens with one attached hydrogen (secondary N) is 6. The first kappa shape index (κ1) is 82.9. The molecule has 3 unspecified atom stereocenters. The SMILES string of the molecule is CCNc1ccc2c(-c3ccccc3C(=O)N(C)CCCC(=O)NCCNC(=O)c3cccc(OCC(N=[N+]=[N-])OCCOCC(=O)NCC#Cc4cn([C@H]5C[C@H](OCN=[N+]=[N-])[C@@H](COP(=O)(O)OP(=O)(O)OP(=O)(O)O)O5)c5nc(N)[nH]c(=O)c45)c3)c3ccc(=[NH+]CC)c(S(=O)(=O)O)c-3oc2c1S(=O)(=O)[O-]. The van der Waals surface area contributed by atoms with Crippen molar-refractivity contribution in [3.63, 3.8) is 0 Å². The first-order chi connectivity index (χ1) is 50.7. The van der Waals surface area contributed by atoms with Crippen molar-refractivity contribution >= 4 is 101 Å². The number of benzene rings is 4. The van der Waals surface area contributed by atoms with E-state index in [4.69, 9.17) is 53.7 Å². The van der Waals surface area contributed by atoms with E-state index < -0.39 is 139 Å². The molecular formula is C59H69N16O27P3S2. The zero-order valence-electron chi connectivity index (χ0n) is 56.4. The fourth-order valence-corrected chi connectivity index (χ4v) is 15.4. The van der Waals surface area contributed by atoms with Gasteiger partial charge in [-0.1, -0.05) is 46.3 Å². The van der Waals surface area contributed by atoms with Gasteiger partial charge in [0.2, 0.25) is 28.0 Å². The standard InChI is InChI=1S/C59H69N16O27P3S2/c1-4-63-41-19-17-39-50(40-18-20-42(64-5-2)54(107(91,92)93)52(40)100-51(39)53(41)106(88,89)90)37-14-6-7-15-38(37)58(80)74(3)24-10-16-45(76)66-22-23-67-56(78)34-11-8-13-36(27-34)96-32-47(71-73-62)95-26-25-94-31-46(77)65-21-9-12-35-29-75(55-49(35)57(79)70-59(60)69-55)48-28-43(97-33-68-72-61)44(99-48)30-98-104(84,85)102-105(86,87)101-103(81,82)83/h6-8,11,13-15,17-20,27,29,43-44,47-48,63H,4-5,10,16,21-26,28,30-33H2,1-3H3,(H,65,77)(H,66,76)(H,67,78)(H,84,85)(H,86,87)(H2,81,82,83)(H,88,89,90)(H,91,92,93)(H3,60,69,70,79)/t43-,44+,47?,48+/m0/s1. The third kappa shape index (κ3) is 22.7. The number of nitrogens with two attached hydrogens (primary N) is 1. The molecule has 4 amide bonds. The second kappa shape index (κ2) is 36.7. The summed E-state index contributed by atoms with van der Waals surface area (Å²) in [5.74, 6) is 2.63. The molecule has 3 aliphatic rings. The van der Waals surface area contributed by atoms with E-state index in [2.05, 4.69) is 76.7 Å².